The Morgan fingerprint density at radius 1 is 1.21 bits per heavy atom. The van der Waals surface area contributed by atoms with Crippen LogP contribution in [0.5, 0.6) is 0 Å². The van der Waals surface area contributed by atoms with Gasteiger partial charge in [-0.2, -0.15) is 0 Å². The molecule has 2 rings (SSSR count). The first-order valence-corrected chi connectivity index (χ1v) is 6.41. The highest BCUT2D eigenvalue weighted by Gasteiger charge is 2.06. The molecule has 0 aliphatic rings. The molecule has 2 N–H and O–H groups in total. The first kappa shape index (κ1) is 13.3. The van der Waals surface area contributed by atoms with Gasteiger partial charge in [0.1, 0.15) is 11.6 Å². The first-order valence-electron chi connectivity index (χ1n) is 6.41. The molecule has 0 saturated heterocycles. The van der Waals surface area contributed by atoms with E-state index in [1.54, 1.807) is 18.3 Å². The van der Waals surface area contributed by atoms with Crippen LogP contribution >= 0.6 is 0 Å². The molecule has 1 aromatic heterocycles. The Hall–Kier alpha value is -2.10. The largest absolute Gasteiger partial charge is 0.378 e. The summed E-state index contributed by atoms with van der Waals surface area (Å²) in [5, 5.41) is 6.54. The van der Waals surface area contributed by atoms with Crippen molar-refractivity contribution in [3.63, 3.8) is 0 Å². The van der Waals surface area contributed by atoms with Crippen molar-refractivity contribution in [3.05, 3.63) is 54.0 Å². The maximum Gasteiger partial charge on any atom is 0.127 e. The number of aromatic nitrogens is 1. The predicted octanol–water partition coefficient (Wildman–Crippen LogP) is 3.83. The van der Waals surface area contributed by atoms with Crippen LogP contribution in [0.1, 0.15) is 25.5 Å². The van der Waals surface area contributed by atoms with Crippen LogP contribution < -0.4 is 10.6 Å². The summed E-state index contributed by atoms with van der Waals surface area (Å²) in [5.41, 5.74) is 2.03. The van der Waals surface area contributed by atoms with Crippen LogP contribution in [0.4, 0.5) is 15.9 Å². The lowest BCUT2D eigenvalue weighted by Gasteiger charge is -2.16. The fourth-order valence-corrected chi connectivity index (χ4v) is 1.88. The molecule has 0 spiro atoms. The van der Waals surface area contributed by atoms with Gasteiger partial charge in [0.25, 0.3) is 0 Å². The van der Waals surface area contributed by atoms with E-state index in [0.717, 1.165) is 23.6 Å². The molecule has 1 aromatic carbocycles. The molecule has 1 atom stereocenters. The van der Waals surface area contributed by atoms with Crippen molar-refractivity contribution in [2.24, 2.45) is 0 Å². The molecule has 2 aromatic rings. The lowest BCUT2D eigenvalue weighted by atomic mass is 10.1. The van der Waals surface area contributed by atoms with Gasteiger partial charge in [0, 0.05) is 30.5 Å². The van der Waals surface area contributed by atoms with Crippen molar-refractivity contribution < 1.29 is 4.39 Å². The number of anilines is 2. The van der Waals surface area contributed by atoms with E-state index in [2.05, 4.69) is 15.6 Å². The number of benzene rings is 1. The molecular formula is C15H18FN3. The van der Waals surface area contributed by atoms with Crippen molar-refractivity contribution in [1.29, 1.82) is 0 Å². The van der Waals surface area contributed by atoms with E-state index in [4.69, 9.17) is 0 Å². The maximum absolute atomic E-state index is 12.9. The monoisotopic (exact) mass is 259 g/mol. The van der Waals surface area contributed by atoms with Crippen molar-refractivity contribution in [1.82, 2.24) is 4.98 Å². The Morgan fingerprint density at radius 2 is 1.95 bits per heavy atom. The van der Waals surface area contributed by atoms with Gasteiger partial charge in [0.05, 0.1) is 0 Å². The topological polar surface area (TPSA) is 37.0 Å². The van der Waals surface area contributed by atoms with Crippen molar-refractivity contribution in [2.45, 2.75) is 19.9 Å². The van der Waals surface area contributed by atoms with E-state index in [1.165, 1.54) is 12.1 Å². The standard InChI is InChI=1S/C15H18FN3/c1-3-17-15-10-14(8-9-18-15)19-11(2)12-4-6-13(16)7-5-12/h4-11H,3H2,1-2H3,(H2,17,18,19). The van der Waals surface area contributed by atoms with E-state index in [1.807, 2.05) is 26.0 Å². The Kier molecular flexibility index (Phi) is 4.34. The van der Waals surface area contributed by atoms with Gasteiger partial charge < -0.3 is 10.6 Å². The van der Waals surface area contributed by atoms with Gasteiger partial charge in [0.15, 0.2) is 0 Å². The number of hydrogen-bond acceptors (Lipinski definition) is 3. The zero-order valence-corrected chi connectivity index (χ0v) is 11.2. The van der Waals surface area contributed by atoms with Gasteiger partial charge >= 0.3 is 0 Å². The Morgan fingerprint density at radius 3 is 2.63 bits per heavy atom. The lowest BCUT2D eigenvalue weighted by molar-refractivity contribution is 0.626. The van der Waals surface area contributed by atoms with Crippen LogP contribution in [-0.4, -0.2) is 11.5 Å². The summed E-state index contributed by atoms with van der Waals surface area (Å²) >= 11 is 0. The summed E-state index contributed by atoms with van der Waals surface area (Å²) < 4.78 is 12.9. The Bertz CT molecular complexity index is 525. The number of hydrogen-bond donors (Lipinski definition) is 2. The second-order valence-corrected chi connectivity index (χ2v) is 4.38. The Balaban J connectivity index is 2.07. The van der Waals surface area contributed by atoms with Gasteiger partial charge in [-0.05, 0) is 37.6 Å². The zero-order chi connectivity index (χ0) is 13.7. The fourth-order valence-electron chi connectivity index (χ4n) is 1.88. The molecule has 1 unspecified atom stereocenters. The first-order chi connectivity index (χ1) is 9.19. The van der Waals surface area contributed by atoms with E-state index in [0.29, 0.717) is 0 Å². The maximum atomic E-state index is 12.9. The van der Waals surface area contributed by atoms with E-state index in [-0.39, 0.29) is 11.9 Å². The van der Waals surface area contributed by atoms with Gasteiger partial charge in [-0.1, -0.05) is 12.1 Å². The van der Waals surface area contributed by atoms with Gasteiger partial charge in [-0.3, -0.25) is 0 Å². The molecule has 0 aliphatic heterocycles. The summed E-state index contributed by atoms with van der Waals surface area (Å²) in [7, 11) is 0. The average molecular weight is 259 g/mol. The number of rotatable bonds is 5. The smallest absolute Gasteiger partial charge is 0.127 e. The van der Waals surface area contributed by atoms with Gasteiger partial charge in [-0.25, -0.2) is 9.37 Å². The summed E-state index contributed by atoms with van der Waals surface area (Å²) in [6.45, 7) is 4.91. The number of pyridine rings is 1. The summed E-state index contributed by atoms with van der Waals surface area (Å²) in [4.78, 5) is 4.22. The minimum atomic E-state index is -0.214. The number of nitrogens with one attached hydrogen (secondary N) is 2. The highest BCUT2D eigenvalue weighted by molar-refractivity contribution is 5.52. The fraction of sp³-hybridized carbons (Fsp3) is 0.267. The molecule has 0 radical (unpaired) electrons. The third kappa shape index (κ3) is 3.68. The molecule has 0 saturated carbocycles. The molecule has 0 fully saturated rings. The quantitative estimate of drug-likeness (QED) is 0.857. The SMILES string of the molecule is CCNc1cc(NC(C)c2ccc(F)cc2)ccn1. The number of nitrogens with zero attached hydrogens (tertiary/aromatic N) is 1. The second-order valence-electron chi connectivity index (χ2n) is 4.38. The van der Waals surface area contributed by atoms with Gasteiger partial charge in [0.2, 0.25) is 0 Å². The van der Waals surface area contributed by atoms with Crippen LogP contribution in [0.15, 0.2) is 42.6 Å². The lowest BCUT2D eigenvalue weighted by Crippen LogP contribution is -2.07. The summed E-state index contributed by atoms with van der Waals surface area (Å²) in [5.74, 6) is 0.632. The van der Waals surface area contributed by atoms with Crippen LogP contribution in [0.2, 0.25) is 0 Å². The van der Waals surface area contributed by atoms with Crippen LogP contribution in [0, 0.1) is 5.82 Å². The van der Waals surface area contributed by atoms with Crippen molar-refractivity contribution in [3.8, 4) is 0 Å². The summed E-state index contributed by atoms with van der Waals surface area (Å²) in [6, 6.07) is 10.5. The predicted molar refractivity (Wildman–Crippen MR) is 76.8 cm³/mol. The van der Waals surface area contributed by atoms with E-state index < -0.39 is 0 Å². The minimum Gasteiger partial charge on any atom is -0.378 e. The molecule has 3 nitrogen and oxygen atoms in total. The summed E-state index contributed by atoms with van der Waals surface area (Å²) in [6.07, 6.45) is 1.76. The average Bonchev–Trinajstić information content (AvgIpc) is 2.40. The molecule has 19 heavy (non-hydrogen) atoms. The zero-order valence-electron chi connectivity index (χ0n) is 11.2. The molecule has 0 amide bonds. The van der Waals surface area contributed by atoms with E-state index in [9.17, 15) is 4.39 Å². The van der Waals surface area contributed by atoms with Gasteiger partial charge in [-0.15, -0.1) is 0 Å². The highest BCUT2D eigenvalue weighted by Crippen LogP contribution is 2.20. The van der Waals surface area contributed by atoms with Crippen LogP contribution in [-0.2, 0) is 0 Å². The normalized spacial score (nSPS) is 11.9. The minimum absolute atomic E-state index is 0.109. The van der Waals surface area contributed by atoms with Crippen LogP contribution in [0.25, 0.3) is 0 Å². The van der Waals surface area contributed by atoms with Crippen molar-refractivity contribution >= 4 is 11.5 Å². The van der Waals surface area contributed by atoms with E-state index >= 15 is 0 Å². The molecule has 1 heterocycles. The Labute approximate surface area is 112 Å². The third-order valence-corrected chi connectivity index (χ3v) is 2.87. The van der Waals surface area contributed by atoms with Crippen molar-refractivity contribution in [2.75, 3.05) is 17.2 Å². The van der Waals surface area contributed by atoms with Crippen LogP contribution in [0.3, 0.4) is 0 Å². The second kappa shape index (κ2) is 6.18. The molecule has 100 valence electrons. The molecule has 0 aliphatic carbocycles. The third-order valence-electron chi connectivity index (χ3n) is 2.87. The highest BCUT2D eigenvalue weighted by atomic mass is 19.1. The molecular weight excluding hydrogens is 241 g/mol. The molecule has 4 heteroatoms. The number of halogens is 1. The molecule has 0 bridgehead atoms.